The first kappa shape index (κ1) is 35.6. The molecule has 3 nitrogen and oxygen atoms in total. The molecule has 0 aliphatic rings. The summed E-state index contributed by atoms with van der Waals surface area (Å²) in [6.45, 7) is 18.6. The monoisotopic (exact) mass is 754 g/mol. The molecule has 2 heterocycles. The topological polar surface area (TPSA) is 42.9 Å². The summed E-state index contributed by atoms with van der Waals surface area (Å²) in [7, 11) is 0. The van der Waals surface area contributed by atoms with Gasteiger partial charge in [0.05, 0.1) is 21.4 Å². The van der Waals surface area contributed by atoms with E-state index in [1.807, 2.05) is 20.8 Å². The lowest BCUT2D eigenvalue weighted by molar-refractivity contribution is -0.120. The van der Waals surface area contributed by atoms with Gasteiger partial charge in [0.2, 0.25) is 0 Å². The minimum atomic E-state index is 0.186. The van der Waals surface area contributed by atoms with Gasteiger partial charge in [0.1, 0.15) is 5.78 Å². The van der Waals surface area contributed by atoms with Gasteiger partial charge in [-0.15, -0.1) is 22.7 Å². The van der Waals surface area contributed by atoms with Gasteiger partial charge in [-0.25, -0.2) is 9.97 Å². The Morgan fingerprint density at radius 3 is 1.75 bits per heavy atom. The number of thiazole rings is 2. The second kappa shape index (κ2) is 20.6. The molecule has 2 rings (SSSR count). The number of hydrogen-bond donors (Lipinski definition) is 0. The third-order valence-corrected chi connectivity index (χ3v) is 9.59. The number of rotatable bonds is 10. The van der Waals surface area contributed by atoms with Crippen LogP contribution in [0.4, 0.5) is 0 Å². The van der Waals surface area contributed by atoms with Gasteiger partial charge in [0.25, 0.3) is 0 Å². The average molecular weight is 755 g/mol. The molecule has 7 heteroatoms. The molecule has 0 aliphatic carbocycles. The highest BCUT2D eigenvalue weighted by molar-refractivity contribution is 14.1. The van der Waals surface area contributed by atoms with Crippen molar-refractivity contribution in [3.8, 4) is 0 Å². The molecular formula is C29H44I2N2OS2. The number of Topliss-reactive ketones (excluding diaryl/α,β-unsaturated/α-hetero) is 1. The van der Waals surface area contributed by atoms with Gasteiger partial charge in [-0.2, -0.15) is 0 Å². The minimum Gasteiger partial charge on any atom is -0.300 e. The Bertz CT molecular complexity index is 989. The largest absolute Gasteiger partial charge is 0.300 e. The number of ketones is 1. The highest BCUT2D eigenvalue weighted by atomic mass is 127. The van der Waals surface area contributed by atoms with Crippen molar-refractivity contribution in [3.05, 3.63) is 57.0 Å². The minimum absolute atomic E-state index is 0.186. The quantitative estimate of drug-likeness (QED) is 0.227. The zero-order valence-corrected chi connectivity index (χ0v) is 29.4. The number of hydrogen-bond acceptors (Lipinski definition) is 5. The van der Waals surface area contributed by atoms with Crippen LogP contribution >= 0.6 is 67.9 Å². The molecule has 0 amide bonds. The van der Waals surface area contributed by atoms with Crippen LogP contribution in [0.3, 0.4) is 0 Å². The van der Waals surface area contributed by atoms with Crippen LogP contribution in [0.15, 0.2) is 35.6 Å². The maximum Gasteiger partial charge on any atom is 0.132 e. The Balaban J connectivity index is 0.000000553. The van der Waals surface area contributed by atoms with Crippen molar-refractivity contribution in [2.45, 2.75) is 94.4 Å². The van der Waals surface area contributed by atoms with E-state index >= 15 is 0 Å². The summed E-state index contributed by atoms with van der Waals surface area (Å²) >= 11 is 8.16. The molecule has 36 heavy (non-hydrogen) atoms. The van der Waals surface area contributed by atoms with Gasteiger partial charge in [0.15, 0.2) is 0 Å². The average Bonchev–Trinajstić information content (AvgIpc) is 3.47. The van der Waals surface area contributed by atoms with Crippen molar-refractivity contribution in [1.29, 1.82) is 0 Å². The SMILES string of the molecule is CC/C(I)=C/C[C@H](C)/C(C)=C/c1csc(C)n1.CC/C(I)=C/C[C@H](C)C(C)=O.CCc1csc(C)n1. The fourth-order valence-electron chi connectivity index (χ4n) is 2.64. The molecule has 0 aliphatic heterocycles. The first-order valence-corrected chi connectivity index (χ1v) is 16.6. The van der Waals surface area contributed by atoms with Crippen LogP contribution in [-0.2, 0) is 11.2 Å². The van der Waals surface area contributed by atoms with Crippen LogP contribution in [0, 0.1) is 25.7 Å². The second-order valence-corrected chi connectivity index (χ2v) is 13.7. The van der Waals surface area contributed by atoms with Crippen molar-refractivity contribution in [1.82, 2.24) is 9.97 Å². The van der Waals surface area contributed by atoms with Gasteiger partial charge < -0.3 is 0 Å². The van der Waals surface area contributed by atoms with E-state index in [0.717, 1.165) is 42.8 Å². The third kappa shape index (κ3) is 17.2. The molecule has 0 unspecified atom stereocenters. The van der Waals surface area contributed by atoms with Gasteiger partial charge in [-0.3, -0.25) is 4.79 Å². The Morgan fingerprint density at radius 2 is 1.39 bits per heavy atom. The molecule has 0 bridgehead atoms. The van der Waals surface area contributed by atoms with Gasteiger partial charge in [-0.05, 0) is 124 Å². The fraction of sp³-hybridized carbons (Fsp3) is 0.552. The zero-order valence-electron chi connectivity index (χ0n) is 23.5. The molecule has 0 N–H and O–H groups in total. The molecular weight excluding hydrogens is 710 g/mol. The molecule has 202 valence electrons. The van der Waals surface area contributed by atoms with E-state index in [4.69, 9.17) is 0 Å². The van der Waals surface area contributed by atoms with Gasteiger partial charge in [-0.1, -0.05) is 52.3 Å². The van der Waals surface area contributed by atoms with E-state index in [1.165, 1.54) is 23.4 Å². The second-order valence-electron chi connectivity index (χ2n) is 8.78. The lowest BCUT2D eigenvalue weighted by atomic mass is 9.98. The molecule has 0 saturated carbocycles. The van der Waals surface area contributed by atoms with Crippen molar-refractivity contribution < 1.29 is 4.79 Å². The van der Waals surface area contributed by atoms with E-state index in [0.29, 0.717) is 5.92 Å². The summed E-state index contributed by atoms with van der Waals surface area (Å²) in [5.74, 6) is 1.06. The molecule has 0 spiro atoms. The highest BCUT2D eigenvalue weighted by Crippen LogP contribution is 2.22. The fourth-order valence-corrected chi connectivity index (χ4v) is 4.42. The van der Waals surface area contributed by atoms with Crippen LogP contribution in [-0.4, -0.2) is 15.8 Å². The number of carbonyl (C=O) groups excluding carboxylic acids is 1. The Hall–Kier alpha value is -0.390. The standard InChI is InChI=1S/C14H20INS.C9H15IO.C6H9NS/c1-5-13(15)7-6-10(2)11(3)8-14-9-17-12(4)16-14;1-4-9(10)6-5-7(2)8(3)11;1-3-6-4-8-5(2)7-6/h7-10H,5-6H2,1-4H3;6-7H,4-5H2,1-3H3;4H,3H2,1-2H3/b11-8+,13-7-;9-6-;/t10-;7-;/m00./s1. The summed E-state index contributed by atoms with van der Waals surface area (Å²) in [6, 6.07) is 0. The van der Waals surface area contributed by atoms with Crippen molar-refractivity contribution >= 4 is 79.7 Å². The number of allylic oxidation sites excluding steroid dienone is 5. The zero-order chi connectivity index (χ0) is 27.7. The number of aromatic nitrogens is 2. The first-order valence-electron chi connectivity index (χ1n) is 12.6. The number of aryl methyl sites for hydroxylation is 3. The molecule has 2 aromatic heterocycles. The van der Waals surface area contributed by atoms with Crippen molar-refractivity contribution in [3.63, 3.8) is 0 Å². The predicted molar refractivity (Wildman–Crippen MR) is 180 cm³/mol. The van der Waals surface area contributed by atoms with Gasteiger partial charge in [0, 0.05) is 16.7 Å². The van der Waals surface area contributed by atoms with E-state index in [1.54, 1.807) is 29.6 Å². The van der Waals surface area contributed by atoms with Crippen LogP contribution in [0.1, 0.15) is 95.6 Å². The maximum atomic E-state index is 10.8. The normalized spacial score (nSPS) is 13.8. The predicted octanol–water partition coefficient (Wildman–Crippen LogP) is 11.0. The Labute approximate surface area is 255 Å². The first-order chi connectivity index (χ1) is 16.9. The number of carbonyl (C=O) groups is 1. The van der Waals surface area contributed by atoms with Crippen LogP contribution in [0.2, 0.25) is 0 Å². The number of nitrogens with zero attached hydrogens (tertiary/aromatic N) is 2. The number of halogens is 2. The van der Waals surface area contributed by atoms with Crippen molar-refractivity contribution in [2.75, 3.05) is 0 Å². The summed E-state index contributed by atoms with van der Waals surface area (Å²) in [6.07, 6.45) is 12.0. The molecule has 0 fully saturated rings. The van der Waals surface area contributed by atoms with E-state index < -0.39 is 0 Å². The van der Waals surface area contributed by atoms with Gasteiger partial charge >= 0.3 is 0 Å². The summed E-state index contributed by atoms with van der Waals surface area (Å²) in [5, 5.41) is 6.53. The lowest BCUT2D eigenvalue weighted by Crippen LogP contribution is -2.04. The van der Waals surface area contributed by atoms with E-state index in [2.05, 4.69) is 119 Å². The maximum absolute atomic E-state index is 10.8. The summed E-state index contributed by atoms with van der Waals surface area (Å²) in [5.41, 5.74) is 3.73. The van der Waals surface area contributed by atoms with Crippen LogP contribution < -0.4 is 0 Å². The molecule has 0 radical (unpaired) electrons. The Morgan fingerprint density at radius 1 is 0.889 bits per heavy atom. The van der Waals surface area contributed by atoms with E-state index in [-0.39, 0.29) is 11.7 Å². The van der Waals surface area contributed by atoms with Crippen molar-refractivity contribution in [2.24, 2.45) is 11.8 Å². The van der Waals surface area contributed by atoms with Crippen LogP contribution in [0.25, 0.3) is 6.08 Å². The Kier molecular flexibility index (Phi) is 20.3. The molecule has 0 aromatic carbocycles. The third-order valence-electron chi connectivity index (χ3n) is 5.57. The summed E-state index contributed by atoms with van der Waals surface area (Å²) in [4.78, 5) is 19.5. The van der Waals surface area contributed by atoms with Crippen LogP contribution in [0.5, 0.6) is 0 Å². The summed E-state index contributed by atoms with van der Waals surface area (Å²) < 4.78 is 2.79. The molecule has 2 atom stereocenters. The van der Waals surface area contributed by atoms with E-state index in [9.17, 15) is 4.79 Å². The smallest absolute Gasteiger partial charge is 0.132 e. The lowest BCUT2D eigenvalue weighted by Gasteiger charge is -2.09. The molecule has 2 aromatic rings. The molecule has 0 saturated heterocycles. The highest BCUT2D eigenvalue weighted by Gasteiger charge is 2.05.